The lowest BCUT2D eigenvalue weighted by Gasteiger charge is -2.18. The van der Waals surface area contributed by atoms with Crippen molar-refractivity contribution in [3.63, 3.8) is 0 Å². The van der Waals surface area contributed by atoms with E-state index in [-0.39, 0.29) is 11.9 Å². The van der Waals surface area contributed by atoms with Crippen LogP contribution < -0.4 is 16.0 Å². The molecule has 0 fully saturated rings. The molecule has 5 heteroatoms. The quantitative estimate of drug-likeness (QED) is 0.793. The molecular weight excluding hydrogens is 290 g/mol. The smallest absolute Gasteiger partial charge is 0.319 e. The molecule has 0 saturated carbocycles. The summed E-state index contributed by atoms with van der Waals surface area (Å²) in [5.41, 5.74) is 0.718. The highest BCUT2D eigenvalue weighted by molar-refractivity contribution is 6.02. The van der Waals surface area contributed by atoms with Crippen LogP contribution in [0.1, 0.15) is 27.2 Å². The summed E-state index contributed by atoms with van der Waals surface area (Å²) in [4.78, 5) is 24.1. The Morgan fingerprint density at radius 1 is 1.00 bits per heavy atom. The maximum absolute atomic E-state index is 12.1. The Hall–Kier alpha value is -2.56. The van der Waals surface area contributed by atoms with Gasteiger partial charge in [-0.1, -0.05) is 43.3 Å². The van der Waals surface area contributed by atoms with Gasteiger partial charge in [-0.25, -0.2) is 4.79 Å². The third-order valence-corrected chi connectivity index (χ3v) is 3.78. The molecule has 2 rings (SSSR count). The predicted octanol–water partition coefficient (Wildman–Crippen LogP) is 3.26. The van der Waals surface area contributed by atoms with Crippen LogP contribution in [0.25, 0.3) is 10.8 Å². The van der Waals surface area contributed by atoms with E-state index in [1.165, 1.54) is 0 Å². The first kappa shape index (κ1) is 16.8. The molecule has 0 saturated heterocycles. The highest BCUT2D eigenvalue weighted by Gasteiger charge is 2.17. The highest BCUT2D eigenvalue weighted by Crippen LogP contribution is 2.22. The van der Waals surface area contributed by atoms with Gasteiger partial charge in [-0.15, -0.1) is 0 Å². The zero-order chi connectivity index (χ0) is 16.8. The normalized spacial score (nSPS) is 13.2. The van der Waals surface area contributed by atoms with Crippen molar-refractivity contribution in [2.24, 2.45) is 0 Å². The van der Waals surface area contributed by atoms with Crippen LogP contribution in [0.4, 0.5) is 10.5 Å². The molecule has 0 spiro atoms. The van der Waals surface area contributed by atoms with Crippen LogP contribution in [0, 0.1) is 0 Å². The minimum Gasteiger partial charge on any atom is -0.352 e. The average Bonchev–Trinajstić information content (AvgIpc) is 2.54. The van der Waals surface area contributed by atoms with Crippen molar-refractivity contribution in [2.75, 3.05) is 5.32 Å². The van der Waals surface area contributed by atoms with Crippen molar-refractivity contribution >= 4 is 28.4 Å². The number of urea groups is 1. The van der Waals surface area contributed by atoms with Crippen molar-refractivity contribution in [2.45, 2.75) is 39.3 Å². The third-order valence-electron chi connectivity index (χ3n) is 3.78. The Kier molecular flexibility index (Phi) is 5.57. The number of rotatable bonds is 5. The van der Waals surface area contributed by atoms with E-state index >= 15 is 0 Å². The second-order valence-corrected chi connectivity index (χ2v) is 5.66. The summed E-state index contributed by atoms with van der Waals surface area (Å²) in [5, 5.41) is 10.3. The van der Waals surface area contributed by atoms with E-state index in [0.29, 0.717) is 0 Å². The van der Waals surface area contributed by atoms with E-state index in [9.17, 15) is 9.59 Å². The Morgan fingerprint density at radius 2 is 1.70 bits per heavy atom. The second-order valence-electron chi connectivity index (χ2n) is 5.66. The van der Waals surface area contributed by atoms with Crippen molar-refractivity contribution < 1.29 is 9.59 Å². The fraction of sp³-hybridized carbons (Fsp3) is 0.333. The van der Waals surface area contributed by atoms with Crippen LogP contribution in [0.5, 0.6) is 0 Å². The van der Waals surface area contributed by atoms with Gasteiger partial charge in [0.15, 0.2) is 0 Å². The standard InChI is InChI=1S/C18H23N3O2/c1-4-12(2)19-17(22)13(3)20-18(23)21-16-11-7-9-14-8-5-6-10-15(14)16/h5-13H,4H2,1-3H3,(H,19,22)(H2,20,21,23). The molecule has 3 N–H and O–H groups in total. The molecule has 0 aliphatic heterocycles. The van der Waals surface area contributed by atoms with Gasteiger partial charge < -0.3 is 16.0 Å². The van der Waals surface area contributed by atoms with Gasteiger partial charge in [0, 0.05) is 11.4 Å². The number of hydrogen-bond donors (Lipinski definition) is 3. The molecular formula is C18H23N3O2. The molecule has 0 radical (unpaired) electrons. The van der Waals surface area contributed by atoms with E-state index in [1.807, 2.05) is 56.3 Å². The zero-order valence-corrected chi connectivity index (χ0v) is 13.7. The number of carbonyl (C=O) groups excluding carboxylic acids is 2. The summed E-state index contributed by atoms with van der Waals surface area (Å²) >= 11 is 0. The van der Waals surface area contributed by atoms with E-state index in [4.69, 9.17) is 0 Å². The molecule has 122 valence electrons. The first-order chi connectivity index (χ1) is 11.0. The molecule has 5 nitrogen and oxygen atoms in total. The molecule has 2 atom stereocenters. The lowest BCUT2D eigenvalue weighted by molar-refractivity contribution is -0.123. The van der Waals surface area contributed by atoms with Crippen molar-refractivity contribution in [3.8, 4) is 0 Å². The number of carbonyl (C=O) groups is 2. The molecule has 23 heavy (non-hydrogen) atoms. The molecule has 0 heterocycles. The number of benzene rings is 2. The SMILES string of the molecule is CCC(C)NC(=O)C(C)NC(=O)Nc1cccc2ccccc12. The number of anilines is 1. The van der Waals surface area contributed by atoms with Gasteiger partial charge in [-0.2, -0.15) is 0 Å². The Balaban J connectivity index is 2.00. The topological polar surface area (TPSA) is 70.2 Å². The van der Waals surface area contributed by atoms with E-state index in [2.05, 4.69) is 16.0 Å². The van der Waals surface area contributed by atoms with Gasteiger partial charge in [0.2, 0.25) is 5.91 Å². The van der Waals surface area contributed by atoms with Crippen molar-refractivity contribution in [1.82, 2.24) is 10.6 Å². The largest absolute Gasteiger partial charge is 0.352 e. The van der Waals surface area contributed by atoms with Gasteiger partial charge >= 0.3 is 6.03 Å². The van der Waals surface area contributed by atoms with Gasteiger partial charge in [0.05, 0.1) is 5.69 Å². The maximum atomic E-state index is 12.1. The third kappa shape index (κ3) is 4.45. The summed E-state index contributed by atoms with van der Waals surface area (Å²) in [7, 11) is 0. The van der Waals surface area contributed by atoms with Gasteiger partial charge in [-0.3, -0.25) is 4.79 Å². The summed E-state index contributed by atoms with van der Waals surface area (Å²) < 4.78 is 0. The fourth-order valence-electron chi connectivity index (χ4n) is 2.22. The van der Waals surface area contributed by atoms with Crippen LogP contribution in [0.3, 0.4) is 0 Å². The minimum absolute atomic E-state index is 0.0906. The summed E-state index contributed by atoms with van der Waals surface area (Å²) in [6, 6.07) is 12.6. The molecule has 0 aliphatic carbocycles. The molecule has 0 aliphatic rings. The average molecular weight is 313 g/mol. The van der Waals surface area contributed by atoms with E-state index < -0.39 is 12.1 Å². The zero-order valence-electron chi connectivity index (χ0n) is 13.7. The lowest BCUT2D eigenvalue weighted by atomic mass is 10.1. The van der Waals surface area contributed by atoms with Crippen LogP contribution >= 0.6 is 0 Å². The Labute approximate surface area is 136 Å². The van der Waals surface area contributed by atoms with Crippen LogP contribution in [0.2, 0.25) is 0 Å². The molecule has 3 amide bonds. The molecule has 0 bridgehead atoms. The second kappa shape index (κ2) is 7.63. The predicted molar refractivity (Wildman–Crippen MR) is 93.5 cm³/mol. The number of amides is 3. The minimum atomic E-state index is -0.598. The number of fused-ring (bicyclic) bond motifs is 1. The number of hydrogen-bond acceptors (Lipinski definition) is 2. The molecule has 2 aromatic rings. The van der Waals surface area contributed by atoms with Crippen LogP contribution in [-0.2, 0) is 4.79 Å². The lowest BCUT2D eigenvalue weighted by Crippen LogP contribution is -2.48. The first-order valence-corrected chi connectivity index (χ1v) is 7.87. The maximum Gasteiger partial charge on any atom is 0.319 e. The van der Waals surface area contributed by atoms with E-state index in [1.54, 1.807) is 6.92 Å². The monoisotopic (exact) mass is 313 g/mol. The summed E-state index contributed by atoms with van der Waals surface area (Å²) in [5.74, 6) is -0.188. The van der Waals surface area contributed by atoms with Crippen LogP contribution in [-0.4, -0.2) is 24.0 Å². The molecule has 2 aromatic carbocycles. The highest BCUT2D eigenvalue weighted by atomic mass is 16.2. The number of nitrogens with one attached hydrogen (secondary N) is 3. The Morgan fingerprint density at radius 3 is 2.43 bits per heavy atom. The van der Waals surface area contributed by atoms with Crippen LogP contribution in [0.15, 0.2) is 42.5 Å². The van der Waals surface area contributed by atoms with Crippen molar-refractivity contribution in [3.05, 3.63) is 42.5 Å². The summed E-state index contributed by atoms with van der Waals surface area (Å²) in [6.07, 6.45) is 0.848. The first-order valence-electron chi connectivity index (χ1n) is 7.87. The van der Waals surface area contributed by atoms with Gasteiger partial charge in [0.25, 0.3) is 0 Å². The molecule has 0 aromatic heterocycles. The van der Waals surface area contributed by atoms with Gasteiger partial charge in [0.1, 0.15) is 6.04 Å². The fourth-order valence-corrected chi connectivity index (χ4v) is 2.22. The Bertz CT molecular complexity index is 694. The van der Waals surface area contributed by atoms with Crippen molar-refractivity contribution in [1.29, 1.82) is 0 Å². The van der Waals surface area contributed by atoms with Gasteiger partial charge in [-0.05, 0) is 31.7 Å². The molecule has 2 unspecified atom stereocenters. The van der Waals surface area contributed by atoms with E-state index in [0.717, 1.165) is 22.9 Å². The summed E-state index contributed by atoms with van der Waals surface area (Å²) in [6.45, 7) is 5.59.